The first-order chi connectivity index (χ1) is 7.66. The van der Waals surface area contributed by atoms with Crippen molar-refractivity contribution < 1.29 is 13.5 Å². The fraction of sp³-hybridized carbons (Fsp3) is 0. The van der Waals surface area contributed by atoms with Crippen molar-refractivity contribution in [3.63, 3.8) is 0 Å². The molecule has 0 aliphatic rings. The van der Waals surface area contributed by atoms with Gasteiger partial charge in [-0.2, -0.15) is 9.37 Å². The Kier molecular flexibility index (Phi) is 2.96. The molecule has 0 aliphatic heterocycles. The van der Waals surface area contributed by atoms with Crippen LogP contribution in [-0.4, -0.2) is 9.97 Å². The SMILES string of the molecule is Fc1cccc(Oc2ccnc(Cl)n2)c1F. The van der Waals surface area contributed by atoms with Gasteiger partial charge < -0.3 is 4.74 Å². The second-order valence-electron chi connectivity index (χ2n) is 2.82. The zero-order chi connectivity index (χ0) is 11.5. The molecule has 2 aromatic rings. The lowest BCUT2D eigenvalue weighted by Gasteiger charge is -2.05. The molecule has 1 aromatic carbocycles. The highest BCUT2D eigenvalue weighted by atomic mass is 35.5. The largest absolute Gasteiger partial charge is 0.436 e. The Morgan fingerprint density at radius 1 is 1.19 bits per heavy atom. The highest BCUT2D eigenvalue weighted by Crippen LogP contribution is 2.24. The third kappa shape index (κ3) is 2.25. The van der Waals surface area contributed by atoms with Gasteiger partial charge >= 0.3 is 0 Å². The monoisotopic (exact) mass is 242 g/mol. The van der Waals surface area contributed by atoms with E-state index < -0.39 is 11.6 Å². The van der Waals surface area contributed by atoms with Crippen LogP contribution in [0.1, 0.15) is 0 Å². The summed E-state index contributed by atoms with van der Waals surface area (Å²) in [7, 11) is 0. The van der Waals surface area contributed by atoms with Crippen LogP contribution >= 0.6 is 11.6 Å². The summed E-state index contributed by atoms with van der Waals surface area (Å²) in [5.41, 5.74) is 0. The molecule has 16 heavy (non-hydrogen) atoms. The summed E-state index contributed by atoms with van der Waals surface area (Å²) >= 11 is 5.51. The lowest BCUT2D eigenvalue weighted by atomic mass is 10.3. The smallest absolute Gasteiger partial charge is 0.225 e. The molecule has 6 heteroatoms. The topological polar surface area (TPSA) is 35.0 Å². The zero-order valence-corrected chi connectivity index (χ0v) is 8.58. The highest BCUT2D eigenvalue weighted by Gasteiger charge is 2.10. The molecule has 0 fully saturated rings. The maximum Gasteiger partial charge on any atom is 0.225 e. The van der Waals surface area contributed by atoms with E-state index in [-0.39, 0.29) is 16.9 Å². The normalized spacial score (nSPS) is 10.2. The molecule has 0 aliphatic carbocycles. The predicted molar refractivity (Wildman–Crippen MR) is 53.5 cm³/mol. The van der Waals surface area contributed by atoms with E-state index in [0.717, 1.165) is 6.07 Å². The number of halogens is 3. The molecule has 0 amide bonds. The van der Waals surface area contributed by atoms with Gasteiger partial charge in [0.25, 0.3) is 0 Å². The third-order valence-corrected chi connectivity index (χ3v) is 1.91. The van der Waals surface area contributed by atoms with E-state index in [1.165, 1.54) is 24.4 Å². The second-order valence-corrected chi connectivity index (χ2v) is 3.16. The molecule has 3 nitrogen and oxygen atoms in total. The molecule has 0 N–H and O–H groups in total. The Balaban J connectivity index is 2.31. The zero-order valence-electron chi connectivity index (χ0n) is 7.82. The summed E-state index contributed by atoms with van der Waals surface area (Å²) in [6.07, 6.45) is 1.35. The van der Waals surface area contributed by atoms with Crippen LogP contribution in [0, 0.1) is 11.6 Å². The van der Waals surface area contributed by atoms with Gasteiger partial charge in [-0.3, -0.25) is 0 Å². The lowest BCUT2D eigenvalue weighted by Crippen LogP contribution is -1.94. The van der Waals surface area contributed by atoms with Gasteiger partial charge in [0.05, 0.1) is 0 Å². The average Bonchev–Trinajstić information content (AvgIpc) is 2.25. The molecule has 1 heterocycles. The Morgan fingerprint density at radius 3 is 2.75 bits per heavy atom. The van der Waals surface area contributed by atoms with Crippen LogP contribution in [0.4, 0.5) is 8.78 Å². The summed E-state index contributed by atoms with van der Waals surface area (Å²) < 4.78 is 31.1. The van der Waals surface area contributed by atoms with Gasteiger partial charge in [-0.15, -0.1) is 0 Å². The van der Waals surface area contributed by atoms with Gasteiger partial charge in [0.2, 0.25) is 17.0 Å². The van der Waals surface area contributed by atoms with Crippen molar-refractivity contribution in [1.82, 2.24) is 9.97 Å². The minimum absolute atomic E-state index is 0.0330. The first kappa shape index (κ1) is 10.8. The number of ether oxygens (including phenoxy) is 1. The van der Waals surface area contributed by atoms with E-state index in [4.69, 9.17) is 16.3 Å². The summed E-state index contributed by atoms with van der Waals surface area (Å²) in [5.74, 6) is -2.27. The van der Waals surface area contributed by atoms with E-state index >= 15 is 0 Å². The second kappa shape index (κ2) is 4.40. The van der Waals surface area contributed by atoms with E-state index in [9.17, 15) is 8.78 Å². The van der Waals surface area contributed by atoms with Crippen molar-refractivity contribution in [3.05, 3.63) is 47.4 Å². The van der Waals surface area contributed by atoms with E-state index in [2.05, 4.69) is 9.97 Å². The van der Waals surface area contributed by atoms with Gasteiger partial charge in [0.1, 0.15) is 0 Å². The van der Waals surface area contributed by atoms with E-state index in [0.29, 0.717) is 0 Å². The Bertz CT molecular complexity index is 522. The molecule has 0 radical (unpaired) electrons. The van der Waals surface area contributed by atoms with Crippen molar-refractivity contribution in [2.24, 2.45) is 0 Å². The maximum atomic E-state index is 13.2. The number of nitrogens with zero attached hydrogens (tertiary/aromatic N) is 2. The van der Waals surface area contributed by atoms with Gasteiger partial charge in [-0.25, -0.2) is 9.37 Å². The minimum atomic E-state index is -1.07. The quantitative estimate of drug-likeness (QED) is 0.759. The number of rotatable bonds is 2. The van der Waals surface area contributed by atoms with Crippen molar-refractivity contribution >= 4 is 11.6 Å². The molecular weight excluding hydrogens is 238 g/mol. The van der Waals surface area contributed by atoms with E-state index in [1.807, 2.05) is 0 Å². The highest BCUT2D eigenvalue weighted by molar-refractivity contribution is 6.28. The third-order valence-electron chi connectivity index (χ3n) is 1.73. The molecule has 0 unspecified atom stereocenters. The number of aromatic nitrogens is 2. The molecule has 2 rings (SSSR count). The predicted octanol–water partition coefficient (Wildman–Crippen LogP) is 3.20. The number of hydrogen-bond acceptors (Lipinski definition) is 3. The Morgan fingerprint density at radius 2 is 2.00 bits per heavy atom. The minimum Gasteiger partial charge on any atom is -0.436 e. The van der Waals surface area contributed by atoms with Crippen LogP contribution in [-0.2, 0) is 0 Å². The fourth-order valence-corrected chi connectivity index (χ4v) is 1.19. The van der Waals surface area contributed by atoms with Crippen LogP contribution in [0.15, 0.2) is 30.5 Å². The van der Waals surface area contributed by atoms with E-state index in [1.54, 1.807) is 0 Å². The molecule has 82 valence electrons. The van der Waals surface area contributed by atoms with Gasteiger partial charge in [0.15, 0.2) is 11.6 Å². The van der Waals surface area contributed by atoms with Gasteiger partial charge in [-0.1, -0.05) is 6.07 Å². The van der Waals surface area contributed by atoms with Crippen LogP contribution in [0.25, 0.3) is 0 Å². The first-order valence-electron chi connectivity index (χ1n) is 4.27. The molecule has 0 bridgehead atoms. The molecular formula is C10H5ClF2N2O. The standard InChI is InChI=1S/C10H5ClF2N2O/c11-10-14-5-4-8(15-10)16-7-3-1-2-6(12)9(7)13/h1-5H. The molecule has 0 saturated carbocycles. The summed E-state index contributed by atoms with van der Waals surface area (Å²) in [5, 5.41) is -0.0330. The van der Waals surface area contributed by atoms with Crippen LogP contribution in [0.2, 0.25) is 5.28 Å². The molecule has 0 atom stereocenters. The Labute approximate surface area is 94.7 Å². The summed E-state index contributed by atoms with van der Waals surface area (Å²) in [4.78, 5) is 7.31. The first-order valence-corrected chi connectivity index (χ1v) is 4.65. The fourth-order valence-electron chi connectivity index (χ4n) is 1.05. The molecule has 0 saturated heterocycles. The van der Waals surface area contributed by atoms with Gasteiger partial charge in [-0.05, 0) is 23.7 Å². The average molecular weight is 243 g/mol. The molecule has 1 aromatic heterocycles. The van der Waals surface area contributed by atoms with Gasteiger partial charge in [0, 0.05) is 12.3 Å². The number of benzene rings is 1. The van der Waals surface area contributed by atoms with Crippen LogP contribution in [0.5, 0.6) is 11.6 Å². The van der Waals surface area contributed by atoms with Crippen LogP contribution < -0.4 is 4.74 Å². The van der Waals surface area contributed by atoms with Crippen molar-refractivity contribution in [3.8, 4) is 11.6 Å². The lowest BCUT2D eigenvalue weighted by molar-refractivity contribution is 0.405. The van der Waals surface area contributed by atoms with Crippen molar-refractivity contribution in [1.29, 1.82) is 0 Å². The summed E-state index contributed by atoms with van der Waals surface area (Å²) in [6, 6.07) is 5.00. The van der Waals surface area contributed by atoms with Crippen LogP contribution in [0.3, 0.4) is 0 Å². The number of hydrogen-bond donors (Lipinski definition) is 0. The molecule has 0 spiro atoms. The maximum absolute atomic E-state index is 13.2. The summed E-state index contributed by atoms with van der Waals surface area (Å²) in [6.45, 7) is 0. The van der Waals surface area contributed by atoms with Crippen molar-refractivity contribution in [2.45, 2.75) is 0 Å². The van der Waals surface area contributed by atoms with Crippen molar-refractivity contribution in [2.75, 3.05) is 0 Å². The Hall–Kier alpha value is -1.75.